The lowest BCUT2D eigenvalue weighted by molar-refractivity contribution is -0.132. The average Bonchev–Trinajstić information content (AvgIpc) is 2.90. The van der Waals surface area contributed by atoms with E-state index in [1.54, 1.807) is 0 Å². The minimum atomic E-state index is -0.698. The smallest absolute Gasteiger partial charge is 0.227 e. The molecule has 0 aromatic heterocycles. The monoisotopic (exact) mass is 268 g/mol. The van der Waals surface area contributed by atoms with Gasteiger partial charge in [-0.25, -0.2) is 0 Å². The van der Waals surface area contributed by atoms with Gasteiger partial charge in [-0.05, 0) is 44.4 Å². The van der Waals surface area contributed by atoms with Gasteiger partial charge in [-0.15, -0.1) is 0 Å². The second kappa shape index (κ2) is 5.80. The Morgan fingerprint density at radius 2 is 1.84 bits per heavy atom. The van der Waals surface area contributed by atoms with E-state index in [1.165, 1.54) is 0 Å². The van der Waals surface area contributed by atoms with Gasteiger partial charge < -0.3 is 16.2 Å². The minimum Gasteiger partial charge on any atom is -0.388 e. The molecule has 0 unspecified atom stereocenters. The fraction of sp³-hybridized carbons (Fsp3) is 0.933. The number of rotatable bonds is 4. The summed E-state index contributed by atoms with van der Waals surface area (Å²) < 4.78 is 0. The van der Waals surface area contributed by atoms with Gasteiger partial charge in [-0.1, -0.05) is 19.8 Å². The molecule has 4 nitrogen and oxygen atoms in total. The number of amides is 1. The van der Waals surface area contributed by atoms with Crippen molar-refractivity contribution in [1.29, 1.82) is 0 Å². The van der Waals surface area contributed by atoms with Crippen LogP contribution in [0.5, 0.6) is 0 Å². The van der Waals surface area contributed by atoms with Crippen LogP contribution in [-0.4, -0.2) is 29.7 Å². The number of hydrogen-bond acceptors (Lipinski definition) is 3. The van der Waals surface area contributed by atoms with Gasteiger partial charge in [-0.2, -0.15) is 0 Å². The molecule has 19 heavy (non-hydrogen) atoms. The van der Waals surface area contributed by atoms with Gasteiger partial charge in [0.1, 0.15) is 0 Å². The molecule has 0 aliphatic heterocycles. The Kier molecular flexibility index (Phi) is 4.51. The standard InChI is InChI=1S/C15H28N2O2/c1-12-4-8-15(19,9-5-12)11-17-13(18)14(10-16)6-2-3-7-14/h12,19H,2-11,16H2,1H3,(H,17,18). The van der Waals surface area contributed by atoms with E-state index < -0.39 is 5.60 Å². The Labute approximate surface area is 116 Å². The van der Waals surface area contributed by atoms with Gasteiger partial charge in [0.05, 0.1) is 11.0 Å². The molecule has 0 saturated heterocycles. The first-order chi connectivity index (χ1) is 9.00. The van der Waals surface area contributed by atoms with E-state index in [1.807, 2.05) is 0 Å². The van der Waals surface area contributed by atoms with Gasteiger partial charge in [-0.3, -0.25) is 4.79 Å². The third-order valence-electron chi connectivity index (χ3n) is 5.22. The van der Waals surface area contributed by atoms with Gasteiger partial charge in [0, 0.05) is 13.1 Å². The Morgan fingerprint density at radius 1 is 1.26 bits per heavy atom. The summed E-state index contributed by atoms with van der Waals surface area (Å²) in [6, 6.07) is 0. The highest BCUT2D eigenvalue weighted by Gasteiger charge is 2.41. The molecule has 0 bridgehead atoms. The zero-order chi connectivity index (χ0) is 13.9. The van der Waals surface area contributed by atoms with E-state index in [2.05, 4.69) is 12.2 Å². The van der Waals surface area contributed by atoms with Crippen molar-refractivity contribution in [2.45, 2.75) is 63.9 Å². The molecule has 1 amide bonds. The summed E-state index contributed by atoms with van der Waals surface area (Å²) in [7, 11) is 0. The molecule has 2 rings (SSSR count). The first-order valence-corrected chi connectivity index (χ1v) is 7.70. The lowest BCUT2D eigenvalue weighted by atomic mass is 9.79. The van der Waals surface area contributed by atoms with E-state index in [9.17, 15) is 9.90 Å². The van der Waals surface area contributed by atoms with Crippen LogP contribution in [0.3, 0.4) is 0 Å². The number of carbonyl (C=O) groups is 1. The van der Waals surface area contributed by atoms with E-state index in [-0.39, 0.29) is 11.3 Å². The van der Waals surface area contributed by atoms with Crippen molar-refractivity contribution in [3.63, 3.8) is 0 Å². The van der Waals surface area contributed by atoms with Crippen LogP contribution in [0, 0.1) is 11.3 Å². The number of nitrogens with two attached hydrogens (primary N) is 1. The van der Waals surface area contributed by atoms with Gasteiger partial charge >= 0.3 is 0 Å². The Balaban J connectivity index is 1.86. The van der Waals surface area contributed by atoms with Crippen molar-refractivity contribution in [3.05, 3.63) is 0 Å². The van der Waals surface area contributed by atoms with Crippen LogP contribution in [0.1, 0.15) is 58.3 Å². The maximum Gasteiger partial charge on any atom is 0.227 e. The largest absolute Gasteiger partial charge is 0.388 e. The summed E-state index contributed by atoms with van der Waals surface area (Å²) in [6.07, 6.45) is 7.66. The van der Waals surface area contributed by atoms with Crippen molar-refractivity contribution in [3.8, 4) is 0 Å². The van der Waals surface area contributed by atoms with Crippen molar-refractivity contribution >= 4 is 5.91 Å². The predicted molar refractivity (Wildman–Crippen MR) is 75.5 cm³/mol. The normalized spacial score (nSPS) is 34.2. The molecule has 2 aliphatic carbocycles. The third kappa shape index (κ3) is 3.29. The molecule has 0 aromatic carbocycles. The quantitative estimate of drug-likeness (QED) is 0.724. The van der Waals surface area contributed by atoms with Gasteiger partial charge in [0.2, 0.25) is 5.91 Å². The van der Waals surface area contributed by atoms with Crippen LogP contribution in [0.25, 0.3) is 0 Å². The molecule has 110 valence electrons. The highest BCUT2D eigenvalue weighted by Crippen LogP contribution is 2.37. The molecule has 2 saturated carbocycles. The third-order valence-corrected chi connectivity index (χ3v) is 5.22. The van der Waals surface area contributed by atoms with E-state index in [0.29, 0.717) is 19.0 Å². The van der Waals surface area contributed by atoms with Crippen LogP contribution in [0.15, 0.2) is 0 Å². The summed E-state index contributed by atoms with van der Waals surface area (Å²) in [5.41, 5.74) is 4.75. The second-order valence-corrected chi connectivity index (χ2v) is 6.78. The molecule has 0 atom stereocenters. The summed E-state index contributed by atoms with van der Waals surface area (Å²) in [5.74, 6) is 0.751. The Morgan fingerprint density at radius 3 is 2.37 bits per heavy atom. The molecule has 4 heteroatoms. The predicted octanol–water partition coefficient (Wildman–Crippen LogP) is 1.56. The highest BCUT2D eigenvalue weighted by molar-refractivity contribution is 5.83. The van der Waals surface area contributed by atoms with Crippen LogP contribution in [0.2, 0.25) is 0 Å². The zero-order valence-electron chi connectivity index (χ0n) is 12.1. The zero-order valence-corrected chi connectivity index (χ0v) is 12.1. The van der Waals surface area contributed by atoms with Gasteiger partial charge in [0.25, 0.3) is 0 Å². The van der Waals surface area contributed by atoms with Crippen molar-refractivity contribution in [2.75, 3.05) is 13.1 Å². The van der Waals surface area contributed by atoms with Crippen molar-refractivity contribution in [1.82, 2.24) is 5.32 Å². The average molecular weight is 268 g/mol. The molecular weight excluding hydrogens is 240 g/mol. The fourth-order valence-electron chi connectivity index (χ4n) is 3.48. The molecule has 2 fully saturated rings. The molecule has 2 aliphatic rings. The van der Waals surface area contributed by atoms with Crippen LogP contribution in [-0.2, 0) is 4.79 Å². The summed E-state index contributed by atoms with van der Waals surface area (Å²) in [4.78, 5) is 12.3. The van der Waals surface area contributed by atoms with Gasteiger partial charge in [0.15, 0.2) is 0 Å². The molecular formula is C15H28N2O2. The Bertz CT molecular complexity index is 316. The lowest BCUT2D eigenvalue weighted by Gasteiger charge is -2.36. The fourth-order valence-corrected chi connectivity index (χ4v) is 3.48. The summed E-state index contributed by atoms with van der Waals surface area (Å²) in [5, 5.41) is 13.5. The molecule has 0 radical (unpaired) electrons. The second-order valence-electron chi connectivity index (χ2n) is 6.78. The van der Waals surface area contributed by atoms with Crippen molar-refractivity contribution in [2.24, 2.45) is 17.1 Å². The highest BCUT2D eigenvalue weighted by atomic mass is 16.3. The van der Waals surface area contributed by atoms with E-state index in [0.717, 1.165) is 51.4 Å². The lowest BCUT2D eigenvalue weighted by Crippen LogP contribution is -2.50. The number of nitrogens with one attached hydrogen (secondary N) is 1. The Hall–Kier alpha value is -0.610. The number of hydrogen-bond donors (Lipinski definition) is 3. The maximum absolute atomic E-state index is 12.3. The topological polar surface area (TPSA) is 75.3 Å². The maximum atomic E-state index is 12.3. The first kappa shape index (κ1) is 14.8. The summed E-state index contributed by atoms with van der Waals surface area (Å²) >= 11 is 0. The number of carbonyl (C=O) groups excluding carboxylic acids is 1. The van der Waals surface area contributed by atoms with E-state index >= 15 is 0 Å². The molecule has 0 aromatic rings. The molecule has 4 N–H and O–H groups in total. The molecule has 0 heterocycles. The first-order valence-electron chi connectivity index (χ1n) is 7.70. The molecule has 0 spiro atoms. The minimum absolute atomic E-state index is 0.0551. The van der Waals surface area contributed by atoms with Crippen LogP contribution >= 0.6 is 0 Å². The SMILES string of the molecule is CC1CCC(O)(CNC(=O)C2(CN)CCCC2)CC1. The van der Waals surface area contributed by atoms with Crippen LogP contribution in [0.4, 0.5) is 0 Å². The summed E-state index contributed by atoms with van der Waals surface area (Å²) in [6.45, 7) is 3.04. The van der Waals surface area contributed by atoms with Crippen molar-refractivity contribution < 1.29 is 9.90 Å². The van der Waals surface area contributed by atoms with E-state index in [4.69, 9.17) is 5.73 Å². The van der Waals surface area contributed by atoms with Crippen LogP contribution < -0.4 is 11.1 Å². The number of aliphatic hydroxyl groups is 1.